The molecule has 3 aliphatic carbocycles. The van der Waals surface area contributed by atoms with Crippen molar-refractivity contribution in [1.82, 2.24) is 0 Å². The SMILES string of the molecule is BC1=C2CC=C[C@@](C)(c3cccc4ccccc34)CC2=C(c2ccccc2)C2=CC=CCC21. The van der Waals surface area contributed by atoms with Crippen LogP contribution in [0.1, 0.15) is 37.3 Å². The minimum Gasteiger partial charge on any atom is -0.0987 e. The predicted octanol–water partition coefficient (Wildman–Crippen LogP) is 7.30. The predicted molar refractivity (Wildman–Crippen MR) is 144 cm³/mol. The molecule has 0 N–H and O–H groups in total. The van der Waals surface area contributed by atoms with Crippen LogP contribution in [-0.2, 0) is 5.41 Å². The van der Waals surface area contributed by atoms with Crippen molar-refractivity contribution in [2.45, 2.75) is 31.6 Å². The first kappa shape index (κ1) is 20.3. The molecule has 3 aromatic carbocycles. The molecule has 0 saturated carbocycles. The zero-order valence-electron chi connectivity index (χ0n) is 19.5. The van der Waals surface area contributed by atoms with Gasteiger partial charge in [-0.25, -0.2) is 0 Å². The molecular weight excluding hydrogens is 395 g/mol. The standard InChI is InChI=1S/C32H29B/c1-32(29-19-9-14-22-11-5-6-15-24(22)29)20-10-18-27-28(21-32)30(23-12-3-2-4-13-23)25-16-7-8-17-26(25)31(27)33/h2-16,19-20,26H,17-18,21,33H2,1H3/t26?,32-/m1/s1. The van der Waals surface area contributed by atoms with E-state index in [4.69, 9.17) is 0 Å². The van der Waals surface area contributed by atoms with E-state index in [1.54, 1.807) is 11.0 Å². The summed E-state index contributed by atoms with van der Waals surface area (Å²) in [5.74, 6) is 0.499. The van der Waals surface area contributed by atoms with Gasteiger partial charge in [-0.05, 0) is 63.5 Å². The van der Waals surface area contributed by atoms with Crippen molar-refractivity contribution in [3.8, 4) is 0 Å². The van der Waals surface area contributed by atoms with Gasteiger partial charge in [-0.3, -0.25) is 0 Å². The van der Waals surface area contributed by atoms with Crippen molar-refractivity contribution >= 4 is 24.2 Å². The molecule has 0 saturated heterocycles. The average molecular weight is 424 g/mol. The number of benzene rings is 3. The summed E-state index contributed by atoms with van der Waals surface area (Å²) in [4.78, 5) is 0. The number of hydrogen-bond donors (Lipinski definition) is 0. The van der Waals surface area contributed by atoms with E-state index in [1.807, 2.05) is 0 Å². The smallest absolute Gasteiger partial charge is 0.0987 e. The van der Waals surface area contributed by atoms with Crippen molar-refractivity contribution in [3.63, 3.8) is 0 Å². The molecule has 0 nitrogen and oxygen atoms in total. The van der Waals surface area contributed by atoms with Crippen molar-refractivity contribution in [1.29, 1.82) is 0 Å². The molecule has 2 atom stereocenters. The Labute approximate surface area is 198 Å². The van der Waals surface area contributed by atoms with Crippen molar-refractivity contribution in [2.24, 2.45) is 5.92 Å². The van der Waals surface area contributed by atoms with Crippen LogP contribution in [0.25, 0.3) is 16.3 Å². The fourth-order valence-corrected chi connectivity index (χ4v) is 6.27. The number of allylic oxidation sites excluding steroid dienone is 10. The van der Waals surface area contributed by atoms with E-state index >= 15 is 0 Å². The van der Waals surface area contributed by atoms with Crippen molar-refractivity contribution in [2.75, 3.05) is 0 Å². The van der Waals surface area contributed by atoms with Gasteiger partial charge in [0.25, 0.3) is 0 Å². The molecule has 33 heavy (non-hydrogen) atoms. The molecule has 3 aliphatic rings. The maximum absolute atomic E-state index is 2.49. The highest BCUT2D eigenvalue weighted by Crippen LogP contribution is 2.51. The van der Waals surface area contributed by atoms with E-state index in [0.29, 0.717) is 5.92 Å². The van der Waals surface area contributed by atoms with E-state index in [-0.39, 0.29) is 5.41 Å². The molecular formula is C32H29B. The van der Waals surface area contributed by atoms with Gasteiger partial charge in [0.1, 0.15) is 7.85 Å². The van der Waals surface area contributed by atoms with Crippen LogP contribution in [0.15, 0.2) is 125 Å². The van der Waals surface area contributed by atoms with Gasteiger partial charge in [0, 0.05) is 11.3 Å². The Morgan fingerprint density at radius 3 is 2.52 bits per heavy atom. The second-order valence-electron chi connectivity index (χ2n) is 9.95. The molecule has 0 radical (unpaired) electrons. The Hall–Kier alpha value is -3.32. The summed E-state index contributed by atoms with van der Waals surface area (Å²) in [7, 11) is 2.38. The largest absolute Gasteiger partial charge is 0.135 e. The van der Waals surface area contributed by atoms with Crippen LogP contribution in [-0.4, -0.2) is 7.85 Å². The van der Waals surface area contributed by atoms with Crippen LogP contribution in [0, 0.1) is 5.92 Å². The Morgan fingerprint density at radius 1 is 0.848 bits per heavy atom. The minimum absolute atomic E-state index is 0.0594. The monoisotopic (exact) mass is 424 g/mol. The number of hydrogen-bond acceptors (Lipinski definition) is 0. The van der Waals surface area contributed by atoms with Crippen LogP contribution in [0.3, 0.4) is 0 Å². The van der Waals surface area contributed by atoms with Gasteiger partial charge in [-0.2, -0.15) is 0 Å². The fraction of sp³-hybridized carbons (Fsp3) is 0.188. The molecule has 6 rings (SSSR count). The van der Waals surface area contributed by atoms with Gasteiger partial charge in [-0.15, -0.1) is 0 Å². The Balaban J connectivity index is 1.60. The van der Waals surface area contributed by atoms with E-state index in [9.17, 15) is 0 Å². The van der Waals surface area contributed by atoms with Crippen LogP contribution in [0.4, 0.5) is 0 Å². The maximum atomic E-state index is 2.49. The third-order valence-corrected chi connectivity index (χ3v) is 7.93. The highest BCUT2D eigenvalue weighted by atomic mass is 14.4. The van der Waals surface area contributed by atoms with E-state index in [2.05, 4.69) is 118 Å². The summed E-state index contributed by atoms with van der Waals surface area (Å²) in [5.41, 5.74) is 10.4. The molecule has 0 bridgehead atoms. The van der Waals surface area contributed by atoms with Gasteiger partial charge in [-0.1, -0.05) is 116 Å². The van der Waals surface area contributed by atoms with E-state index in [1.165, 1.54) is 38.6 Å². The van der Waals surface area contributed by atoms with Crippen LogP contribution < -0.4 is 0 Å². The molecule has 1 unspecified atom stereocenters. The lowest BCUT2D eigenvalue weighted by molar-refractivity contribution is 0.597. The first-order valence-electron chi connectivity index (χ1n) is 12.2. The second-order valence-corrected chi connectivity index (χ2v) is 9.95. The van der Waals surface area contributed by atoms with E-state index < -0.39 is 0 Å². The molecule has 0 heterocycles. The minimum atomic E-state index is -0.0594. The summed E-state index contributed by atoms with van der Waals surface area (Å²) in [6.07, 6.45) is 15.0. The van der Waals surface area contributed by atoms with Gasteiger partial charge in [0.05, 0.1) is 0 Å². The Bertz CT molecular complexity index is 1390. The molecule has 0 aromatic heterocycles. The highest BCUT2D eigenvalue weighted by Gasteiger charge is 2.36. The molecule has 0 amide bonds. The van der Waals surface area contributed by atoms with Crippen molar-refractivity contribution < 1.29 is 0 Å². The first-order valence-corrected chi connectivity index (χ1v) is 12.2. The van der Waals surface area contributed by atoms with Crippen LogP contribution in [0.5, 0.6) is 0 Å². The number of fused-ring (bicyclic) bond motifs is 3. The number of rotatable bonds is 2. The lowest BCUT2D eigenvalue weighted by Crippen LogP contribution is -2.24. The van der Waals surface area contributed by atoms with E-state index in [0.717, 1.165) is 19.3 Å². The van der Waals surface area contributed by atoms with Gasteiger partial charge in [0.2, 0.25) is 0 Å². The summed E-state index contributed by atoms with van der Waals surface area (Å²) in [6, 6.07) is 26.7. The molecule has 3 aromatic rings. The van der Waals surface area contributed by atoms with Crippen molar-refractivity contribution in [3.05, 3.63) is 136 Å². The first-order chi connectivity index (χ1) is 16.2. The maximum Gasteiger partial charge on any atom is 0.135 e. The average Bonchev–Trinajstić information content (AvgIpc) is 3.04. The Kier molecular flexibility index (Phi) is 4.87. The molecule has 160 valence electrons. The molecule has 0 spiro atoms. The summed E-state index contributed by atoms with van der Waals surface area (Å²) < 4.78 is 0. The second kappa shape index (κ2) is 7.92. The zero-order chi connectivity index (χ0) is 22.4. The normalized spacial score (nSPS) is 24.4. The van der Waals surface area contributed by atoms with Gasteiger partial charge in [0.15, 0.2) is 0 Å². The van der Waals surface area contributed by atoms with Gasteiger partial charge >= 0.3 is 0 Å². The molecule has 0 aliphatic heterocycles. The zero-order valence-corrected chi connectivity index (χ0v) is 19.5. The van der Waals surface area contributed by atoms with Crippen LogP contribution in [0.2, 0.25) is 0 Å². The third-order valence-electron chi connectivity index (χ3n) is 7.93. The van der Waals surface area contributed by atoms with Gasteiger partial charge < -0.3 is 0 Å². The fourth-order valence-electron chi connectivity index (χ4n) is 6.27. The molecule has 1 heteroatoms. The summed E-state index contributed by atoms with van der Waals surface area (Å²) in [6.45, 7) is 2.43. The van der Waals surface area contributed by atoms with Crippen LogP contribution >= 0.6 is 0 Å². The third kappa shape index (κ3) is 3.30. The summed E-state index contributed by atoms with van der Waals surface area (Å²) in [5, 5.41) is 2.69. The topological polar surface area (TPSA) is 0 Å². The summed E-state index contributed by atoms with van der Waals surface area (Å²) >= 11 is 0. The lowest BCUT2D eigenvalue weighted by Gasteiger charge is -2.37. The Morgan fingerprint density at radius 2 is 1.64 bits per heavy atom. The molecule has 0 fully saturated rings. The highest BCUT2D eigenvalue weighted by molar-refractivity contribution is 6.24. The quantitative estimate of drug-likeness (QED) is 0.299. The lowest BCUT2D eigenvalue weighted by atomic mass is 9.62.